The SMILES string of the molecule is COC(=O)[C@H](Cc1ccc(NC(=O)c2c(Cl)cncc2Cl)cc1)N(C)c1nc(OC)nc(OC)n1. The lowest BCUT2D eigenvalue weighted by atomic mass is 10.0. The predicted octanol–water partition coefficient (Wildman–Crippen LogP) is 3.06. The van der Waals surface area contributed by atoms with Crippen LogP contribution in [0.3, 0.4) is 0 Å². The molecular weight excluding hydrogens is 499 g/mol. The molecule has 0 spiro atoms. The molecule has 1 aromatic carbocycles. The summed E-state index contributed by atoms with van der Waals surface area (Å²) in [7, 11) is 5.76. The fourth-order valence-electron chi connectivity index (χ4n) is 3.09. The van der Waals surface area contributed by atoms with E-state index in [-0.39, 0.29) is 40.0 Å². The van der Waals surface area contributed by atoms with Crippen LogP contribution in [0.1, 0.15) is 15.9 Å². The molecule has 13 heteroatoms. The average Bonchev–Trinajstić information content (AvgIpc) is 2.86. The third-order valence-corrected chi connectivity index (χ3v) is 5.50. The van der Waals surface area contributed by atoms with Gasteiger partial charge in [-0.15, -0.1) is 4.98 Å². The molecule has 35 heavy (non-hydrogen) atoms. The van der Waals surface area contributed by atoms with Crippen LogP contribution >= 0.6 is 23.2 Å². The number of halogens is 2. The van der Waals surface area contributed by atoms with Crippen molar-refractivity contribution in [3.05, 3.63) is 57.8 Å². The number of ether oxygens (including phenoxy) is 3. The minimum atomic E-state index is -0.772. The van der Waals surface area contributed by atoms with Gasteiger partial charge in [-0.1, -0.05) is 35.3 Å². The number of benzene rings is 1. The van der Waals surface area contributed by atoms with Gasteiger partial charge < -0.3 is 24.4 Å². The number of hydrogen-bond acceptors (Lipinski definition) is 10. The first-order valence-electron chi connectivity index (χ1n) is 10.1. The summed E-state index contributed by atoms with van der Waals surface area (Å²) in [6, 6.07) is 6.23. The zero-order valence-electron chi connectivity index (χ0n) is 19.3. The fraction of sp³-hybridized carbons (Fsp3) is 0.273. The van der Waals surface area contributed by atoms with Crippen LogP contribution in [0.15, 0.2) is 36.7 Å². The lowest BCUT2D eigenvalue weighted by Gasteiger charge is -2.26. The number of carbonyl (C=O) groups excluding carboxylic acids is 2. The third kappa shape index (κ3) is 6.25. The Kier molecular flexibility index (Phi) is 8.61. The van der Waals surface area contributed by atoms with Crippen molar-refractivity contribution in [2.75, 3.05) is 38.6 Å². The molecule has 11 nitrogen and oxygen atoms in total. The Labute approximate surface area is 211 Å². The molecule has 1 amide bonds. The van der Waals surface area contributed by atoms with Gasteiger partial charge in [0.15, 0.2) is 0 Å². The highest BCUT2D eigenvalue weighted by Crippen LogP contribution is 2.25. The van der Waals surface area contributed by atoms with Crippen LogP contribution < -0.4 is 19.7 Å². The monoisotopic (exact) mass is 520 g/mol. The van der Waals surface area contributed by atoms with Gasteiger partial charge in [-0.05, 0) is 17.7 Å². The lowest BCUT2D eigenvalue weighted by Crippen LogP contribution is -2.42. The van der Waals surface area contributed by atoms with Gasteiger partial charge in [0.2, 0.25) is 5.95 Å². The molecule has 0 aliphatic carbocycles. The maximum absolute atomic E-state index is 12.6. The van der Waals surface area contributed by atoms with Gasteiger partial charge in [0, 0.05) is 31.5 Å². The van der Waals surface area contributed by atoms with Crippen molar-refractivity contribution in [2.24, 2.45) is 0 Å². The van der Waals surface area contributed by atoms with Gasteiger partial charge in [-0.25, -0.2) is 4.79 Å². The summed E-state index contributed by atoms with van der Waals surface area (Å²) in [5, 5.41) is 3.02. The van der Waals surface area contributed by atoms with Crippen molar-refractivity contribution in [3.63, 3.8) is 0 Å². The summed E-state index contributed by atoms with van der Waals surface area (Å²) < 4.78 is 15.2. The van der Waals surface area contributed by atoms with Crippen molar-refractivity contribution in [1.82, 2.24) is 19.9 Å². The van der Waals surface area contributed by atoms with Crippen molar-refractivity contribution in [3.8, 4) is 12.0 Å². The van der Waals surface area contributed by atoms with Gasteiger partial charge in [-0.2, -0.15) is 9.97 Å². The van der Waals surface area contributed by atoms with E-state index in [1.807, 2.05) is 0 Å². The number of aromatic nitrogens is 4. The van der Waals surface area contributed by atoms with Crippen molar-refractivity contribution < 1.29 is 23.8 Å². The minimum Gasteiger partial charge on any atom is -0.467 e. The summed E-state index contributed by atoms with van der Waals surface area (Å²) in [6.45, 7) is 0. The van der Waals surface area contributed by atoms with Crippen molar-refractivity contribution in [1.29, 1.82) is 0 Å². The Morgan fingerprint density at radius 2 is 1.54 bits per heavy atom. The van der Waals surface area contributed by atoms with Crippen LogP contribution in [0.4, 0.5) is 11.6 Å². The zero-order valence-corrected chi connectivity index (χ0v) is 20.8. The molecule has 0 saturated carbocycles. The Balaban J connectivity index is 1.79. The first-order valence-corrected chi connectivity index (χ1v) is 10.9. The fourth-order valence-corrected chi connectivity index (χ4v) is 3.63. The smallest absolute Gasteiger partial charge is 0.328 e. The highest BCUT2D eigenvalue weighted by molar-refractivity contribution is 6.40. The van der Waals surface area contributed by atoms with Crippen LogP contribution in [0.5, 0.6) is 12.0 Å². The van der Waals surface area contributed by atoms with Crippen molar-refractivity contribution >= 4 is 46.7 Å². The third-order valence-electron chi connectivity index (χ3n) is 4.93. The van der Waals surface area contributed by atoms with E-state index in [1.54, 1.807) is 36.2 Å². The Morgan fingerprint density at radius 1 is 0.971 bits per heavy atom. The number of anilines is 2. The van der Waals surface area contributed by atoms with Gasteiger partial charge in [0.05, 0.1) is 36.9 Å². The van der Waals surface area contributed by atoms with E-state index in [1.165, 1.54) is 33.7 Å². The number of amides is 1. The number of nitrogens with one attached hydrogen (secondary N) is 1. The summed E-state index contributed by atoms with van der Waals surface area (Å²) in [5.74, 6) is -0.802. The molecule has 1 N–H and O–H groups in total. The first-order chi connectivity index (χ1) is 16.8. The quantitative estimate of drug-likeness (QED) is 0.420. The van der Waals surface area contributed by atoms with Gasteiger partial charge in [0.25, 0.3) is 5.91 Å². The largest absolute Gasteiger partial charge is 0.467 e. The maximum Gasteiger partial charge on any atom is 0.328 e. The summed E-state index contributed by atoms with van der Waals surface area (Å²) in [6.07, 6.45) is 2.94. The molecule has 3 rings (SSSR count). The normalized spacial score (nSPS) is 11.4. The molecule has 0 aliphatic heterocycles. The number of rotatable bonds is 9. The standard InChI is InChI=1S/C22H22Cl2N6O5/c1-30(20-27-21(34-3)29-22(28-20)35-4)16(19(32)33-2)9-12-5-7-13(8-6-12)26-18(31)17-14(23)10-25-11-15(17)24/h5-8,10-11,16H,9H2,1-4H3,(H,26,31)/t16-/m0/s1. The number of carbonyl (C=O) groups is 2. The highest BCUT2D eigenvalue weighted by Gasteiger charge is 2.28. The summed E-state index contributed by atoms with van der Waals surface area (Å²) >= 11 is 12.1. The van der Waals surface area contributed by atoms with Crippen LogP contribution in [0, 0.1) is 0 Å². The molecule has 0 aliphatic rings. The average molecular weight is 521 g/mol. The number of likely N-dealkylation sites (N-methyl/N-ethyl adjacent to an activating group) is 1. The van der Waals surface area contributed by atoms with Gasteiger partial charge >= 0.3 is 18.0 Å². The highest BCUT2D eigenvalue weighted by atomic mass is 35.5. The summed E-state index contributed by atoms with van der Waals surface area (Å²) in [4.78, 5) is 42.9. The molecule has 0 saturated heterocycles. The van der Waals surface area contributed by atoms with Gasteiger partial charge in [0.1, 0.15) is 6.04 Å². The molecule has 1 atom stereocenters. The Bertz CT molecular complexity index is 1170. The summed E-state index contributed by atoms with van der Waals surface area (Å²) in [5.41, 5.74) is 1.43. The van der Waals surface area contributed by atoms with E-state index in [4.69, 9.17) is 37.4 Å². The first kappa shape index (κ1) is 25.9. The number of methoxy groups -OCH3 is 3. The number of esters is 1. The zero-order chi connectivity index (χ0) is 25.5. The molecule has 0 radical (unpaired) electrons. The van der Waals surface area contributed by atoms with E-state index in [2.05, 4.69) is 25.3 Å². The molecule has 3 aromatic rings. The Hall–Kier alpha value is -3.70. The second-order valence-corrected chi connectivity index (χ2v) is 7.91. The van der Waals surface area contributed by atoms with E-state index in [9.17, 15) is 9.59 Å². The van der Waals surface area contributed by atoms with E-state index in [0.29, 0.717) is 5.69 Å². The second-order valence-electron chi connectivity index (χ2n) is 7.09. The van der Waals surface area contributed by atoms with Crippen molar-refractivity contribution in [2.45, 2.75) is 12.5 Å². The molecule has 184 valence electrons. The number of hydrogen-bond donors (Lipinski definition) is 1. The second kappa shape index (κ2) is 11.6. The molecule has 0 fully saturated rings. The molecule has 0 unspecified atom stereocenters. The van der Waals surface area contributed by atoms with Crippen LogP contribution in [0.2, 0.25) is 10.0 Å². The molecule has 2 heterocycles. The minimum absolute atomic E-state index is 0.0387. The number of pyridine rings is 1. The van der Waals surface area contributed by atoms with Crippen LogP contribution in [-0.4, -0.2) is 66.2 Å². The molecular formula is C22H22Cl2N6O5. The predicted molar refractivity (Wildman–Crippen MR) is 129 cm³/mol. The lowest BCUT2D eigenvalue weighted by molar-refractivity contribution is -0.142. The van der Waals surface area contributed by atoms with E-state index >= 15 is 0 Å². The van der Waals surface area contributed by atoms with Crippen LogP contribution in [0.25, 0.3) is 0 Å². The maximum atomic E-state index is 12.6. The molecule has 2 aromatic heterocycles. The van der Waals surface area contributed by atoms with E-state index < -0.39 is 17.9 Å². The van der Waals surface area contributed by atoms with Crippen LogP contribution in [-0.2, 0) is 16.0 Å². The number of nitrogens with zero attached hydrogens (tertiary/aromatic N) is 5. The topological polar surface area (TPSA) is 129 Å². The van der Waals surface area contributed by atoms with Gasteiger partial charge in [-0.3, -0.25) is 9.78 Å². The van der Waals surface area contributed by atoms with E-state index in [0.717, 1.165) is 5.56 Å². The molecule has 0 bridgehead atoms. The Morgan fingerprint density at radius 3 is 2.06 bits per heavy atom.